The van der Waals surface area contributed by atoms with Gasteiger partial charge in [-0.15, -0.1) is 0 Å². The molecule has 6 heteroatoms. The second kappa shape index (κ2) is 6.50. The number of hydrogen-bond donors (Lipinski definition) is 0. The molecule has 1 unspecified atom stereocenters. The summed E-state index contributed by atoms with van der Waals surface area (Å²) in [6.07, 6.45) is 2.47. The molecule has 0 aromatic heterocycles. The van der Waals surface area contributed by atoms with Crippen LogP contribution in [0.15, 0.2) is 0 Å². The van der Waals surface area contributed by atoms with E-state index in [9.17, 15) is 17.2 Å². The first kappa shape index (κ1) is 13.1. The predicted molar refractivity (Wildman–Crippen MR) is 52.0 cm³/mol. The van der Waals surface area contributed by atoms with E-state index in [1.165, 1.54) is 0 Å². The van der Waals surface area contributed by atoms with Gasteiger partial charge in [-0.1, -0.05) is 18.0 Å². The van der Waals surface area contributed by atoms with Crippen molar-refractivity contribution in [2.45, 2.75) is 26.2 Å². The molecule has 0 N–H and O–H groups in total. The molecular formula is C7H15O4S2-. The van der Waals surface area contributed by atoms with Crippen molar-refractivity contribution < 1.29 is 17.2 Å². The van der Waals surface area contributed by atoms with Crippen LogP contribution in [0, 0.1) is 0 Å². The SMILES string of the molecule is CCCS(=O)[O-].O=S1(=O)CCCC1. The van der Waals surface area contributed by atoms with Crippen molar-refractivity contribution in [2.24, 2.45) is 0 Å². The maximum Gasteiger partial charge on any atom is 0.150 e. The molecule has 1 heterocycles. The van der Waals surface area contributed by atoms with Crippen LogP contribution >= 0.6 is 0 Å². The lowest BCUT2D eigenvalue weighted by atomic mass is 10.4. The Morgan fingerprint density at radius 2 is 1.77 bits per heavy atom. The van der Waals surface area contributed by atoms with E-state index in [1.807, 2.05) is 6.92 Å². The zero-order valence-corrected chi connectivity index (χ0v) is 9.33. The van der Waals surface area contributed by atoms with Crippen LogP contribution in [0.3, 0.4) is 0 Å². The third-order valence-electron chi connectivity index (χ3n) is 1.53. The molecule has 0 radical (unpaired) electrons. The first-order chi connectivity index (χ1) is 5.98. The van der Waals surface area contributed by atoms with Crippen LogP contribution in [-0.2, 0) is 20.9 Å². The smallest absolute Gasteiger partial charge is 0.150 e. The van der Waals surface area contributed by atoms with E-state index in [4.69, 9.17) is 0 Å². The molecule has 80 valence electrons. The second-order valence-corrected chi connectivity index (χ2v) is 6.19. The molecule has 1 fully saturated rings. The van der Waals surface area contributed by atoms with Crippen LogP contribution < -0.4 is 0 Å². The number of hydrogen-bond acceptors (Lipinski definition) is 4. The first-order valence-electron chi connectivity index (χ1n) is 4.24. The summed E-state index contributed by atoms with van der Waals surface area (Å²) in [4.78, 5) is 0. The van der Waals surface area contributed by atoms with Gasteiger partial charge in [0.05, 0.1) is 11.5 Å². The molecule has 0 saturated carbocycles. The molecule has 0 aliphatic carbocycles. The quantitative estimate of drug-likeness (QED) is 0.643. The fraction of sp³-hybridized carbons (Fsp3) is 1.00. The molecule has 1 saturated heterocycles. The third kappa shape index (κ3) is 8.39. The Balaban J connectivity index is 0.000000226. The summed E-state index contributed by atoms with van der Waals surface area (Å²) < 4.78 is 40.1. The minimum atomic E-state index is -2.55. The van der Waals surface area contributed by atoms with Gasteiger partial charge in [-0.25, -0.2) is 8.42 Å². The van der Waals surface area contributed by atoms with Crippen molar-refractivity contribution in [3.8, 4) is 0 Å². The molecule has 0 amide bonds. The molecule has 1 aliphatic heterocycles. The Morgan fingerprint density at radius 1 is 1.31 bits per heavy atom. The molecule has 0 spiro atoms. The minimum Gasteiger partial charge on any atom is -0.772 e. The maximum absolute atomic E-state index is 10.4. The van der Waals surface area contributed by atoms with E-state index < -0.39 is 20.9 Å². The van der Waals surface area contributed by atoms with E-state index in [0.717, 1.165) is 19.3 Å². The molecule has 0 bridgehead atoms. The summed E-state index contributed by atoms with van der Waals surface area (Å²) in [6, 6.07) is 0. The number of sulfone groups is 1. The molecule has 1 rings (SSSR count). The third-order valence-corrected chi connectivity index (χ3v) is 4.09. The fourth-order valence-corrected chi connectivity index (χ4v) is 2.74. The molecule has 13 heavy (non-hydrogen) atoms. The highest BCUT2D eigenvalue weighted by molar-refractivity contribution is 7.91. The molecule has 1 atom stereocenters. The van der Waals surface area contributed by atoms with Crippen molar-refractivity contribution in [3.63, 3.8) is 0 Å². The zero-order valence-electron chi connectivity index (χ0n) is 7.69. The van der Waals surface area contributed by atoms with E-state index in [1.54, 1.807) is 0 Å². The molecule has 4 nitrogen and oxygen atoms in total. The lowest BCUT2D eigenvalue weighted by Gasteiger charge is -1.97. The number of rotatable bonds is 2. The Labute approximate surface area is 81.9 Å². The van der Waals surface area contributed by atoms with Crippen LogP contribution in [0.1, 0.15) is 26.2 Å². The Morgan fingerprint density at radius 3 is 1.85 bits per heavy atom. The van der Waals surface area contributed by atoms with Crippen molar-refractivity contribution in [3.05, 3.63) is 0 Å². The normalized spacial score (nSPS) is 21.7. The van der Waals surface area contributed by atoms with Gasteiger partial charge in [-0.2, -0.15) is 0 Å². The molecule has 1 aliphatic rings. The zero-order chi connectivity index (χ0) is 10.3. The predicted octanol–water partition coefficient (Wildman–Crippen LogP) is 0.471. The summed E-state index contributed by atoms with van der Waals surface area (Å²) in [5.74, 6) is 1.14. The van der Waals surface area contributed by atoms with Crippen molar-refractivity contribution in [1.29, 1.82) is 0 Å². The highest BCUT2D eigenvalue weighted by Crippen LogP contribution is 2.08. The van der Waals surface area contributed by atoms with Crippen LogP contribution in [0.2, 0.25) is 0 Å². The summed E-state index contributed by atoms with van der Waals surface area (Å²) in [5, 5.41) is 0. The van der Waals surface area contributed by atoms with Crippen molar-refractivity contribution in [1.82, 2.24) is 0 Å². The Kier molecular flexibility index (Phi) is 6.53. The van der Waals surface area contributed by atoms with Gasteiger partial charge < -0.3 is 4.55 Å². The van der Waals surface area contributed by atoms with E-state index in [0.29, 0.717) is 17.3 Å². The molecule has 0 aromatic rings. The van der Waals surface area contributed by atoms with E-state index >= 15 is 0 Å². The van der Waals surface area contributed by atoms with Crippen LogP contribution in [0.25, 0.3) is 0 Å². The van der Waals surface area contributed by atoms with Gasteiger partial charge >= 0.3 is 0 Å². The summed E-state index contributed by atoms with van der Waals surface area (Å²) in [5.41, 5.74) is 0. The lowest BCUT2D eigenvalue weighted by Crippen LogP contribution is -1.98. The standard InChI is InChI=1S/C4H8O2S.C3H8O2S/c5-7(6)3-1-2-4-7;1-2-3-6(4)5/h1-4H2;2-3H2,1H3,(H,4,5)/p-1. The lowest BCUT2D eigenvalue weighted by molar-refractivity contribution is 0.536. The van der Waals surface area contributed by atoms with Gasteiger partial charge in [-0.05, 0) is 19.3 Å². The van der Waals surface area contributed by atoms with Gasteiger partial charge in [0.1, 0.15) is 9.84 Å². The van der Waals surface area contributed by atoms with Crippen LogP contribution in [0.4, 0.5) is 0 Å². The molecule has 0 aromatic carbocycles. The van der Waals surface area contributed by atoms with Crippen molar-refractivity contribution in [2.75, 3.05) is 17.3 Å². The highest BCUT2D eigenvalue weighted by Gasteiger charge is 2.16. The second-order valence-electron chi connectivity index (χ2n) is 2.87. The Hall–Kier alpha value is 0.0600. The average Bonchev–Trinajstić information content (AvgIpc) is 2.35. The Bertz CT molecular complexity index is 233. The largest absolute Gasteiger partial charge is 0.772 e. The topological polar surface area (TPSA) is 74.3 Å². The summed E-state index contributed by atoms with van der Waals surface area (Å²) >= 11 is -1.82. The summed E-state index contributed by atoms with van der Waals surface area (Å²) in [6.45, 7) is 1.83. The van der Waals surface area contributed by atoms with Gasteiger partial charge in [0.15, 0.2) is 0 Å². The average molecular weight is 227 g/mol. The van der Waals surface area contributed by atoms with Gasteiger partial charge in [0.25, 0.3) is 0 Å². The molecular weight excluding hydrogens is 212 g/mol. The van der Waals surface area contributed by atoms with Crippen LogP contribution in [-0.4, -0.2) is 34.4 Å². The van der Waals surface area contributed by atoms with E-state index in [-0.39, 0.29) is 0 Å². The fourth-order valence-electron chi connectivity index (χ4n) is 0.913. The van der Waals surface area contributed by atoms with Gasteiger partial charge in [-0.3, -0.25) is 4.21 Å². The van der Waals surface area contributed by atoms with Gasteiger partial charge in [0, 0.05) is 5.75 Å². The summed E-state index contributed by atoms with van der Waals surface area (Å²) in [7, 11) is -2.55. The van der Waals surface area contributed by atoms with Gasteiger partial charge in [0.2, 0.25) is 0 Å². The maximum atomic E-state index is 10.4. The minimum absolute atomic E-state index is 0.292. The highest BCUT2D eigenvalue weighted by atomic mass is 32.2. The van der Waals surface area contributed by atoms with E-state index in [2.05, 4.69) is 0 Å². The van der Waals surface area contributed by atoms with Crippen LogP contribution in [0.5, 0.6) is 0 Å². The monoisotopic (exact) mass is 227 g/mol. The van der Waals surface area contributed by atoms with Crippen molar-refractivity contribution >= 4 is 20.9 Å². The first-order valence-corrected chi connectivity index (χ1v) is 7.31.